The molecule has 0 aliphatic carbocycles. The molecule has 0 aliphatic rings. The summed E-state index contributed by atoms with van der Waals surface area (Å²) in [6.45, 7) is 2.77. The molecule has 0 unspecified atom stereocenters. The van der Waals surface area contributed by atoms with Gasteiger partial charge in [0.25, 0.3) is 0 Å². The number of rotatable bonds is 2. The van der Waals surface area contributed by atoms with Gasteiger partial charge in [-0.3, -0.25) is 0 Å². The molecule has 0 spiro atoms. The molecule has 0 heterocycles. The molecule has 0 radical (unpaired) electrons. The summed E-state index contributed by atoms with van der Waals surface area (Å²) in [7, 11) is 4.02. The molecule has 0 saturated heterocycles. The van der Waals surface area contributed by atoms with Crippen LogP contribution in [-0.4, -0.2) is 24.1 Å². The fourth-order valence-corrected chi connectivity index (χ4v) is 1.12. The summed E-state index contributed by atoms with van der Waals surface area (Å²) in [5.41, 5.74) is 2.07. The average Bonchev–Trinajstić information content (AvgIpc) is 1.96. The van der Waals surface area contributed by atoms with Gasteiger partial charge in [-0.25, -0.2) is 0 Å². The largest absolute Gasteiger partial charge is 0.508 e. The van der Waals surface area contributed by atoms with Gasteiger partial charge in [-0.15, -0.1) is 0 Å². The van der Waals surface area contributed by atoms with Crippen molar-refractivity contribution in [3.63, 3.8) is 0 Å². The molecule has 0 amide bonds. The van der Waals surface area contributed by atoms with E-state index in [1.807, 2.05) is 39.2 Å². The molecule has 2 nitrogen and oxygen atoms in total. The quantitative estimate of drug-likeness (QED) is 0.721. The summed E-state index contributed by atoms with van der Waals surface area (Å²) in [6.07, 6.45) is 0. The molecule has 0 aliphatic heterocycles. The molecular weight excluding hydrogens is 150 g/mol. The van der Waals surface area contributed by atoms with Crippen molar-refractivity contribution in [1.82, 2.24) is 4.90 Å². The molecule has 0 aromatic heterocycles. The Hall–Kier alpha value is -1.02. The van der Waals surface area contributed by atoms with E-state index in [0.29, 0.717) is 5.75 Å². The molecule has 1 rings (SSSR count). The number of hydrogen-bond acceptors (Lipinski definition) is 2. The van der Waals surface area contributed by atoms with E-state index >= 15 is 0 Å². The Morgan fingerprint density at radius 3 is 2.50 bits per heavy atom. The molecule has 1 aromatic carbocycles. The Morgan fingerprint density at radius 2 is 2.00 bits per heavy atom. The summed E-state index contributed by atoms with van der Waals surface area (Å²) >= 11 is 0. The van der Waals surface area contributed by atoms with Crippen LogP contribution in [0.3, 0.4) is 0 Å². The van der Waals surface area contributed by atoms with Gasteiger partial charge in [0.2, 0.25) is 0 Å². The van der Waals surface area contributed by atoms with Crippen LogP contribution in [0.2, 0.25) is 0 Å². The lowest BCUT2D eigenvalue weighted by Gasteiger charge is -2.10. The van der Waals surface area contributed by atoms with Gasteiger partial charge in [0, 0.05) is 6.54 Å². The zero-order chi connectivity index (χ0) is 9.14. The first-order valence-corrected chi connectivity index (χ1v) is 4.03. The number of hydrogen-bond donors (Lipinski definition) is 1. The van der Waals surface area contributed by atoms with Gasteiger partial charge in [0.15, 0.2) is 0 Å². The number of aryl methyl sites for hydroxylation is 1. The second-order valence-electron chi connectivity index (χ2n) is 3.36. The normalized spacial score (nSPS) is 10.7. The Labute approximate surface area is 73.4 Å². The van der Waals surface area contributed by atoms with Crippen molar-refractivity contribution in [3.8, 4) is 5.75 Å². The van der Waals surface area contributed by atoms with Crippen molar-refractivity contribution in [2.75, 3.05) is 14.1 Å². The minimum atomic E-state index is 0.384. The van der Waals surface area contributed by atoms with Gasteiger partial charge < -0.3 is 10.0 Å². The number of nitrogens with zero attached hydrogens (tertiary/aromatic N) is 1. The molecule has 2 heteroatoms. The number of phenolic OH excluding ortho intramolecular Hbond substituents is 1. The van der Waals surface area contributed by atoms with E-state index in [1.165, 1.54) is 0 Å². The van der Waals surface area contributed by atoms with Gasteiger partial charge in [-0.1, -0.05) is 12.1 Å². The maximum absolute atomic E-state index is 9.39. The van der Waals surface area contributed by atoms with Gasteiger partial charge in [0.05, 0.1) is 0 Å². The maximum atomic E-state index is 9.39. The highest BCUT2D eigenvalue weighted by Gasteiger charge is 1.98. The Bertz CT molecular complexity index is 269. The van der Waals surface area contributed by atoms with Crippen molar-refractivity contribution >= 4 is 0 Å². The molecule has 1 N–H and O–H groups in total. The van der Waals surface area contributed by atoms with Crippen LogP contribution >= 0.6 is 0 Å². The van der Waals surface area contributed by atoms with Crippen molar-refractivity contribution < 1.29 is 5.11 Å². The van der Waals surface area contributed by atoms with E-state index in [4.69, 9.17) is 0 Å². The molecular formula is C10H15NO. The fourth-order valence-electron chi connectivity index (χ4n) is 1.12. The van der Waals surface area contributed by atoms with Crippen LogP contribution in [0, 0.1) is 6.92 Å². The molecule has 1 aromatic rings. The number of phenols is 1. The third kappa shape index (κ3) is 2.24. The minimum Gasteiger partial charge on any atom is -0.508 e. The van der Waals surface area contributed by atoms with E-state index in [9.17, 15) is 5.11 Å². The summed E-state index contributed by atoms with van der Waals surface area (Å²) in [6, 6.07) is 5.79. The Kier molecular flexibility index (Phi) is 2.71. The highest BCUT2D eigenvalue weighted by Crippen LogP contribution is 2.17. The number of benzene rings is 1. The summed E-state index contributed by atoms with van der Waals surface area (Å²) in [4.78, 5) is 2.07. The van der Waals surface area contributed by atoms with Crippen LogP contribution in [0.1, 0.15) is 11.1 Å². The standard InChI is InChI=1S/C10H15NO/c1-8-4-5-9(6-10(8)12)7-11(2)3/h4-6,12H,7H2,1-3H3. The lowest BCUT2D eigenvalue weighted by atomic mass is 10.1. The van der Waals surface area contributed by atoms with Crippen LogP contribution in [0.15, 0.2) is 18.2 Å². The van der Waals surface area contributed by atoms with Crippen LogP contribution in [0.5, 0.6) is 5.75 Å². The van der Waals surface area contributed by atoms with Crippen LogP contribution in [0.4, 0.5) is 0 Å². The monoisotopic (exact) mass is 165 g/mol. The van der Waals surface area contributed by atoms with Crippen molar-refractivity contribution in [2.24, 2.45) is 0 Å². The van der Waals surface area contributed by atoms with Crippen LogP contribution in [-0.2, 0) is 6.54 Å². The highest BCUT2D eigenvalue weighted by atomic mass is 16.3. The molecule has 0 atom stereocenters. The van der Waals surface area contributed by atoms with E-state index in [-0.39, 0.29) is 0 Å². The predicted octanol–water partition coefficient (Wildman–Crippen LogP) is 1.76. The van der Waals surface area contributed by atoms with E-state index in [2.05, 4.69) is 4.90 Å². The van der Waals surface area contributed by atoms with E-state index in [1.54, 1.807) is 0 Å². The van der Waals surface area contributed by atoms with E-state index < -0.39 is 0 Å². The third-order valence-electron chi connectivity index (χ3n) is 1.77. The SMILES string of the molecule is Cc1ccc(CN(C)C)cc1O. The van der Waals surface area contributed by atoms with Gasteiger partial charge in [-0.05, 0) is 38.2 Å². The molecule has 0 bridgehead atoms. The highest BCUT2D eigenvalue weighted by molar-refractivity contribution is 5.35. The van der Waals surface area contributed by atoms with Crippen molar-refractivity contribution in [1.29, 1.82) is 0 Å². The van der Waals surface area contributed by atoms with Crippen LogP contribution in [0.25, 0.3) is 0 Å². The lowest BCUT2D eigenvalue weighted by Crippen LogP contribution is -2.10. The molecule has 12 heavy (non-hydrogen) atoms. The summed E-state index contributed by atoms with van der Waals surface area (Å²) in [5.74, 6) is 0.384. The summed E-state index contributed by atoms with van der Waals surface area (Å²) < 4.78 is 0. The van der Waals surface area contributed by atoms with Crippen LogP contribution < -0.4 is 0 Å². The Balaban J connectivity index is 2.82. The van der Waals surface area contributed by atoms with Gasteiger partial charge in [-0.2, -0.15) is 0 Å². The smallest absolute Gasteiger partial charge is 0.118 e. The average molecular weight is 165 g/mol. The first-order chi connectivity index (χ1) is 5.59. The second kappa shape index (κ2) is 3.59. The second-order valence-corrected chi connectivity index (χ2v) is 3.36. The first-order valence-electron chi connectivity index (χ1n) is 4.03. The Morgan fingerprint density at radius 1 is 1.33 bits per heavy atom. The molecule has 0 fully saturated rings. The topological polar surface area (TPSA) is 23.5 Å². The minimum absolute atomic E-state index is 0.384. The van der Waals surface area contributed by atoms with Crippen molar-refractivity contribution in [2.45, 2.75) is 13.5 Å². The van der Waals surface area contributed by atoms with Gasteiger partial charge in [0.1, 0.15) is 5.75 Å². The predicted molar refractivity (Wildman–Crippen MR) is 50.2 cm³/mol. The fraction of sp³-hybridized carbons (Fsp3) is 0.400. The number of aromatic hydroxyl groups is 1. The first kappa shape index (κ1) is 9.07. The summed E-state index contributed by atoms with van der Waals surface area (Å²) in [5, 5.41) is 9.39. The molecule has 66 valence electrons. The molecule has 0 saturated carbocycles. The van der Waals surface area contributed by atoms with Gasteiger partial charge >= 0.3 is 0 Å². The van der Waals surface area contributed by atoms with E-state index in [0.717, 1.165) is 17.7 Å². The maximum Gasteiger partial charge on any atom is 0.118 e. The van der Waals surface area contributed by atoms with Crippen molar-refractivity contribution in [3.05, 3.63) is 29.3 Å². The lowest BCUT2D eigenvalue weighted by molar-refractivity contribution is 0.400. The zero-order valence-corrected chi connectivity index (χ0v) is 7.83. The zero-order valence-electron chi connectivity index (χ0n) is 7.83. The third-order valence-corrected chi connectivity index (χ3v) is 1.77.